The lowest BCUT2D eigenvalue weighted by molar-refractivity contribution is 0.287. The number of hydrogen-bond donors (Lipinski definition) is 2. The second kappa shape index (κ2) is 7.50. The number of hydrogen-bond acceptors (Lipinski definition) is 6. The number of nitrogens with one attached hydrogen (secondary N) is 2. The van der Waals surface area contributed by atoms with E-state index in [4.69, 9.17) is 21.7 Å². The number of ether oxygens (including phenoxy) is 2. The van der Waals surface area contributed by atoms with Crippen LogP contribution >= 0.6 is 23.6 Å². The lowest BCUT2D eigenvalue weighted by Gasteiger charge is -2.13. The molecule has 0 atom stereocenters. The van der Waals surface area contributed by atoms with Crippen LogP contribution in [-0.4, -0.2) is 22.0 Å². The van der Waals surface area contributed by atoms with Gasteiger partial charge in [-0.1, -0.05) is 12.1 Å². The minimum atomic E-state index is 0.537. The number of H-pyrrole nitrogens is 1. The van der Waals surface area contributed by atoms with Crippen molar-refractivity contribution in [2.75, 3.05) is 12.5 Å². The Balaban J connectivity index is 1.68. The lowest BCUT2D eigenvalue weighted by atomic mass is 10.2. The van der Waals surface area contributed by atoms with Crippen molar-refractivity contribution in [2.45, 2.75) is 20.1 Å². The Bertz CT molecular complexity index is 855. The summed E-state index contributed by atoms with van der Waals surface area (Å²) in [7, 11) is 1.64. The van der Waals surface area contributed by atoms with Crippen molar-refractivity contribution >= 4 is 23.6 Å². The number of aromatic amines is 1. The van der Waals surface area contributed by atoms with Crippen molar-refractivity contribution < 1.29 is 9.47 Å². The van der Waals surface area contributed by atoms with Crippen LogP contribution in [0.1, 0.15) is 16.3 Å². The maximum atomic E-state index is 5.84. The molecule has 0 saturated carbocycles. The molecule has 0 saturated heterocycles. The molecule has 8 heteroatoms. The molecular formula is C16H18N4O2S2. The largest absolute Gasteiger partial charge is 0.493 e. The summed E-state index contributed by atoms with van der Waals surface area (Å²) in [5.74, 6) is 2.21. The van der Waals surface area contributed by atoms with E-state index in [-0.39, 0.29) is 0 Å². The van der Waals surface area contributed by atoms with E-state index in [9.17, 15) is 0 Å². The third-order valence-electron chi connectivity index (χ3n) is 3.46. The molecule has 0 aliphatic heterocycles. The van der Waals surface area contributed by atoms with Crippen LogP contribution in [-0.2, 0) is 13.2 Å². The minimum absolute atomic E-state index is 0.537. The summed E-state index contributed by atoms with van der Waals surface area (Å²) >= 11 is 6.84. The molecule has 0 spiro atoms. The Labute approximate surface area is 149 Å². The van der Waals surface area contributed by atoms with Crippen LogP contribution in [0.5, 0.6) is 11.5 Å². The fraction of sp³-hybridized carbons (Fsp3) is 0.250. The van der Waals surface area contributed by atoms with Gasteiger partial charge in [0.25, 0.3) is 0 Å². The first-order valence-corrected chi connectivity index (χ1v) is 8.66. The molecule has 2 aromatic heterocycles. The molecule has 3 rings (SSSR count). The molecule has 3 aromatic rings. The number of nitrogens with zero attached hydrogens (tertiary/aromatic N) is 2. The van der Waals surface area contributed by atoms with Crippen LogP contribution in [0.2, 0.25) is 0 Å². The van der Waals surface area contributed by atoms with Gasteiger partial charge in [-0.25, -0.2) is 4.68 Å². The average molecular weight is 362 g/mol. The molecule has 0 amide bonds. The maximum Gasteiger partial charge on any atom is 0.214 e. The van der Waals surface area contributed by atoms with Crippen LogP contribution < -0.4 is 14.9 Å². The monoisotopic (exact) mass is 362 g/mol. The standard InChI is InChI=1S/C16H18N4O2S2/c1-11-18-19-16(23)20(11)17-9-12-5-6-14(15(8-12)21-2)22-10-13-4-3-7-24-13/h3-8,17H,9-10H2,1-2H3,(H,19,23). The predicted octanol–water partition coefficient (Wildman–Crippen LogP) is 3.64. The first kappa shape index (κ1) is 16.5. The first-order valence-electron chi connectivity index (χ1n) is 7.37. The SMILES string of the molecule is COc1cc(CNn2c(C)n[nH]c2=S)ccc1OCc1cccs1. The van der Waals surface area contributed by atoms with E-state index in [1.165, 1.54) is 4.88 Å². The van der Waals surface area contributed by atoms with E-state index >= 15 is 0 Å². The first-order chi connectivity index (χ1) is 11.7. The summed E-state index contributed by atoms with van der Waals surface area (Å²) in [6.45, 7) is 3.01. The summed E-state index contributed by atoms with van der Waals surface area (Å²) < 4.78 is 13.6. The summed E-state index contributed by atoms with van der Waals surface area (Å²) in [5.41, 5.74) is 4.28. The molecule has 24 heavy (non-hydrogen) atoms. The van der Waals surface area contributed by atoms with E-state index in [0.29, 0.717) is 23.7 Å². The van der Waals surface area contributed by atoms with E-state index < -0.39 is 0 Å². The smallest absolute Gasteiger partial charge is 0.214 e. The predicted molar refractivity (Wildman–Crippen MR) is 96.9 cm³/mol. The van der Waals surface area contributed by atoms with Gasteiger partial charge in [-0.05, 0) is 48.3 Å². The van der Waals surface area contributed by atoms with Gasteiger partial charge in [-0.15, -0.1) is 11.3 Å². The van der Waals surface area contributed by atoms with Crippen molar-refractivity contribution in [2.24, 2.45) is 0 Å². The Morgan fingerprint density at radius 3 is 2.88 bits per heavy atom. The van der Waals surface area contributed by atoms with Crippen molar-refractivity contribution in [1.29, 1.82) is 0 Å². The molecule has 0 fully saturated rings. The molecule has 0 aliphatic rings. The Hall–Kier alpha value is -2.32. The number of aromatic nitrogens is 3. The van der Waals surface area contributed by atoms with Gasteiger partial charge in [0.15, 0.2) is 11.5 Å². The zero-order valence-corrected chi connectivity index (χ0v) is 15.0. The Morgan fingerprint density at radius 2 is 2.21 bits per heavy atom. The van der Waals surface area contributed by atoms with Gasteiger partial charge in [-0.3, -0.25) is 5.10 Å². The summed E-state index contributed by atoms with van der Waals surface area (Å²) in [4.78, 5) is 1.17. The molecule has 0 aliphatic carbocycles. The summed E-state index contributed by atoms with van der Waals surface area (Å²) in [6.07, 6.45) is 0. The van der Waals surface area contributed by atoms with Crippen molar-refractivity contribution in [3.63, 3.8) is 0 Å². The number of methoxy groups -OCH3 is 1. The highest BCUT2D eigenvalue weighted by molar-refractivity contribution is 7.71. The molecule has 0 bridgehead atoms. The zero-order valence-electron chi connectivity index (χ0n) is 13.4. The second-order valence-corrected chi connectivity index (χ2v) is 6.52. The van der Waals surface area contributed by atoms with Gasteiger partial charge < -0.3 is 14.9 Å². The Morgan fingerprint density at radius 1 is 1.33 bits per heavy atom. The van der Waals surface area contributed by atoms with Crippen LogP contribution in [0.15, 0.2) is 35.7 Å². The summed E-state index contributed by atoms with van der Waals surface area (Å²) in [6, 6.07) is 9.93. The highest BCUT2D eigenvalue weighted by Gasteiger charge is 2.07. The quantitative estimate of drug-likeness (QED) is 0.628. The van der Waals surface area contributed by atoms with Crippen LogP contribution in [0, 0.1) is 11.7 Å². The average Bonchev–Trinajstić information content (AvgIpc) is 3.22. The topological polar surface area (TPSA) is 64.1 Å². The third-order valence-corrected chi connectivity index (χ3v) is 4.58. The van der Waals surface area contributed by atoms with Crippen molar-refractivity contribution in [3.8, 4) is 11.5 Å². The number of rotatable bonds is 7. The maximum absolute atomic E-state index is 5.84. The zero-order chi connectivity index (χ0) is 16.9. The van der Waals surface area contributed by atoms with Gasteiger partial charge in [0.1, 0.15) is 12.4 Å². The van der Waals surface area contributed by atoms with E-state index in [1.54, 1.807) is 23.1 Å². The number of benzene rings is 1. The van der Waals surface area contributed by atoms with Crippen molar-refractivity contribution in [1.82, 2.24) is 14.9 Å². The van der Waals surface area contributed by atoms with Gasteiger partial charge in [0.2, 0.25) is 4.77 Å². The fourth-order valence-corrected chi connectivity index (χ4v) is 3.08. The van der Waals surface area contributed by atoms with Gasteiger partial charge in [0.05, 0.1) is 13.7 Å². The third kappa shape index (κ3) is 3.77. The number of aryl methyl sites for hydroxylation is 1. The van der Waals surface area contributed by atoms with Gasteiger partial charge in [-0.2, -0.15) is 5.10 Å². The molecule has 2 heterocycles. The number of thiophene rings is 1. The molecule has 2 N–H and O–H groups in total. The molecule has 1 aromatic carbocycles. The molecule has 6 nitrogen and oxygen atoms in total. The van der Waals surface area contributed by atoms with E-state index in [0.717, 1.165) is 17.1 Å². The molecule has 126 valence electrons. The van der Waals surface area contributed by atoms with Crippen molar-refractivity contribution in [3.05, 3.63) is 56.7 Å². The fourth-order valence-electron chi connectivity index (χ4n) is 2.22. The Kier molecular flexibility index (Phi) is 5.17. The van der Waals surface area contributed by atoms with Gasteiger partial charge in [0, 0.05) is 4.88 Å². The molecule has 0 unspecified atom stereocenters. The van der Waals surface area contributed by atoms with E-state index in [1.807, 2.05) is 42.6 Å². The normalized spacial score (nSPS) is 10.6. The lowest BCUT2D eigenvalue weighted by Crippen LogP contribution is -2.16. The van der Waals surface area contributed by atoms with Crippen LogP contribution in [0.3, 0.4) is 0 Å². The molecular weight excluding hydrogens is 344 g/mol. The summed E-state index contributed by atoms with van der Waals surface area (Å²) in [5, 5.41) is 8.84. The van der Waals surface area contributed by atoms with Crippen LogP contribution in [0.4, 0.5) is 0 Å². The highest BCUT2D eigenvalue weighted by atomic mass is 32.1. The second-order valence-electron chi connectivity index (χ2n) is 5.10. The van der Waals surface area contributed by atoms with Crippen LogP contribution in [0.25, 0.3) is 0 Å². The molecule has 0 radical (unpaired) electrons. The highest BCUT2D eigenvalue weighted by Crippen LogP contribution is 2.29. The van der Waals surface area contributed by atoms with Gasteiger partial charge >= 0.3 is 0 Å². The van der Waals surface area contributed by atoms with E-state index in [2.05, 4.69) is 15.6 Å². The minimum Gasteiger partial charge on any atom is -0.493 e.